The highest BCUT2D eigenvalue weighted by Gasteiger charge is 2.50. The molecule has 0 fully saturated rings. The number of thiophene rings is 4. The Hall–Kier alpha value is -1.90. The molecule has 0 aromatic carbocycles. The molecule has 2 unspecified atom stereocenters. The van der Waals surface area contributed by atoms with Gasteiger partial charge in [-0.1, -0.05) is 183 Å². The zero-order chi connectivity index (χ0) is 57.8. The lowest BCUT2D eigenvalue weighted by atomic mass is 10.0. The van der Waals surface area contributed by atoms with E-state index < -0.39 is 28.1 Å². The van der Waals surface area contributed by atoms with Crippen molar-refractivity contribution in [1.29, 1.82) is 0 Å². The van der Waals surface area contributed by atoms with Gasteiger partial charge < -0.3 is 0 Å². The molecule has 7 heterocycles. The normalized spacial score (nSPS) is 15.3. The van der Waals surface area contributed by atoms with Crippen LogP contribution in [0.25, 0.3) is 49.0 Å². The van der Waals surface area contributed by atoms with E-state index in [4.69, 9.17) is 9.97 Å². The van der Waals surface area contributed by atoms with Gasteiger partial charge in [-0.2, -0.15) is 0 Å². The lowest BCUT2D eigenvalue weighted by molar-refractivity contribution is 0.469. The van der Waals surface area contributed by atoms with Crippen LogP contribution in [0.5, 0.6) is 0 Å². The maximum Gasteiger partial charge on any atom is 0.211 e. The van der Waals surface area contributed by atoms with Crippen molar-refractivity contribution in [3.8, 4) is 49.0 Å². The van der Waals surface area contributed by atoms with Crippen LogP contribution in [0.2, 0.25) is 12.1 Å². The van der Waals surface area contributed by atoms with Gasteiger partial charge in [0.2, 0.25) is 20.0 Å². The second-order valence-electron chi connectivity index (χ2n) is 23.4. The first-order chi connectivity index (χ1) is 39.2. The molecule has 0 aliphatic carbocycles. The van der Waals surface area contributed by atoms with E-state index in [1.165, 1.54) is 152 Å². The Labute approximate surface area is 515 Å². The average Bonchev–Trinajstić information content (AvgIpc) is 4.40. The molecule has 0 radical (unpaired) electrons. The highest BCUT2D eigenvalue weighted by atomic mass is 32.2. The molecule has 2 N–H and O–H groups in total. The van der Waals surface area contributed by atoms with Gasteiger partial charge in [0.1, 0.15) is 8.07 Å². The van der Waals surface area contributed by atoms with Crippen molar-refractivity contribution in [3.05, 3.63) is 57.5 Å². The first kappa shape index (κ1) is 66.6. The number of hydrogen-bond donors (Lipinski definition) is 2. The van der Waals surface area contributed by atoms with Gasteiger partial charge in [0.15, 0.2) is 10.0 Å². The van der Waals surface area contributed by atoms with Crippen LogP contribution in [-0.4, -0.2) is 59.5 Å². The van der Waals surface area contributed by atoms with Crippen LogP contribution in [0.3, 0.4) is 0 Å². The third-order valence-electron chi connectivity index (χ3n) is 16.8. The van der Waals surface area contributed by atoms with E-state index in [-0.39, 0.29) is 11.5 Å². The lowest BCUT2D eigenvalue weighted by Gasteiger charge is -2.35. The van der Waals surface area contributed by atoms with Crippen molar-refractivity contribution in [2.24, 2.45) is 11.8 Å². The summed E-state index contributed by atoms with van der Waals surface area (Å²) in [4.78, 5) is 22.3. The third kappa shape index (κ3) is 19.0. The summed E-state index contributed by atoms with van der Waals surface area (Å²) in [7, 11) is -9.08. The Balaban J connectivity index is 1.14. The van der Waals surface area contributed by atoms with Crippen molar-refractivity contribution in [2.75, 3.05) is 24.6 Å². The van der Waals surface area contributed by atoms with Gasteiger partial charge in [0.05, 0.1) is 21.3 Å². The summed E-state index contributed by atoms with van der Waals surface area (Å²) >= 11 is 10.7. The summed E-state index contributed by atoms with van der Waals surface area (Å²) in [6.45, 7) is 19.4. The van der Waals surface area contributed by atoms with Gasteiger partial charge in [-0.15, -0.1) is 68.0 Å². The fourth-order valence-corrected chi connectivity index (χ4v) is 29.1. The van der Waals surface area contributed by atoms with Crippen LogP contribution in [0.4, 0.5) is 0 Å². The largest absolute Gasteiger partial charge is 0.241 e. The molecule has 8 nitrogen and oxygen atoms in total. The number of rotatable bonds is 42. The number of nitrogens with zero attached hydrogens (tertiary/aromatic N) is 2. The number of fused-ring (bicyclic) bond motifs is 3. The maximum absolute atomic E-state index is 13.8. The zero-order valence-electron chi connectivity index (χ0n) is 50.5. The molecule has 0 saturated heterocycles. The molecule has 1 aliphatic rings. The first-order valence-corrected chi connectivity index (χ1v) is 42.1. The fraction of sp³-hybridized carbons (Fsp3) is 0.656. The van der Waals surface area contributed by atoms with Gasteiger partial charge in [-0.25, -0.2) is 36.2 Å². The Morgan fingerprint density at radius 3 is 1.33 bits per heavy atom. The van der Waals surface area contributed by atoms with Crippen molar-refractivity contribution in [1.82, 2.24) is 19.4 Å². The van der Waals surface area contributed by atoms with Crippen LogP contribution in [0.1, 0.15) is 217 Å². The molecule has 0 amide bonds. The van der Waals surface area contributed by atoms with E-state index in [9.17, 15) is 16.8 Å². The number of sulfonamides is 2. The second kappa shape index (κ2) is 33.3. The number of hydrogen-bond acceptors (Lipinski definition) is 12. The summed E-state index contributed by atoms with van der Waals surface area (Å²) in [5.41, 5.74) is 2.10. The van der Waals surface area contributed by atoms with E-state index in [0.29, 0.717) is 25.9 Å². The van der Waals surface area contributed by atoms with Crippen molar-refractivity contribution in [2.45, 2.75) is 234 Å². The van der Waals surface area contributed by atoms with Crippen LogP contribution in [0, 0.1) is 25.7 Å². The molecule has 450 valence electrons. The van der Waals surface area contributed by atoms with Crippen LogP contribution >= 0.6 is 68.0 Å². The predicted molar refractivity (Wildman–Crippen MR) is 363 cm³/mol. The topological polar surface area (TPSA) is 118 Å². The molecule has 0 spiro atoms. The quantitative estimate of drug-likeness (QED) is 0.0291. The van der Waals surface area contributed by atoms with Crippen molar-refractivity contribution < 1.29 is 16.8 Å². The van der Waals surface area contributed by atoms with Crippen molar-refractivity contribution >= 4 is 107 Å². The molecular formula is C64H98N4O4S8Si. The fourth-order valence-electron chi connectivity index (χ4n) is 12.1. The number of aryl methyl sites for hydroxylation is 4. The number of unbranched alkanes of at least 4 members (excludes halogenated alkanes) is 16. The Morgan fingerprint density at radius 1 is 0.444 bits per heavy atom. The molecule has 17 heteroatoms. The Bertz CT molecular complexity index is 3030. The molecule has 1 aliphatic heterocycles. The zero-order valence-corrected chi connectivity index (χ0v) is 58.1. The molecule has 6 aromatic heterocycles. The monoisotopic (exact) mass is 1270 g/mol. The standard InChI is InChI=1S/C64H98N4O4S8Si/c1-9-15-19-21-23-25-27-29-35-67-79(69,70)37-33-51-39-47(7)73-59(51)55-43-65-63(77-55)64-66-44-56(78-64)60-52(34-38-80(71,72)68-36-30-28-26-24-22-20-16-10-2)41-53(75-60)54-42-58-62(76-54)61-57(40-48(8)74-61)81(58,45-49(13-5)31-17-11-3)46-50(14-6)32-18-12-4/h39-44,49-50,67-68H,9-38,45-46H2,1-8H3. The predicted octanol–water partition coefficient (Wildman–Crippen LogP) is 19.3. The smallest absolute Gasteiger partial charge is 0.211 e. The molecular weight excluding hydrogens is 1170 g/mol. The second-order valence-corrected chi connectivity index (χ2v) is 38.0. The SMILES string of the molecule is CCCCCCCCCCNS(=O)(=O)CCc1cc(C)sc1-c1cnc(-c2ncc(-c3sc(-c4cc5c(s4)-c4sc(C)cc4[Si]5(CC(CC)CCCC)CC(CC)CCCC)cc3CCS(=O)(=O)NCCCCCCCCCC)s2)s1. The maximum atomic E-state index is 13.8. The highest BCUT2D eigenvalue weighted by Crippen LogP contribution is 2.50. The third-order valence-corrected chi connectivity index (χ3v) is 32.6. The number of thiazole rings is 2. The van der Waals surface area contributed by atoms with E-state index in [2.05, 4.69) is 89.1 Å². The number of nitrogens with one attached hydrogen (secondary N) is 2. The van der Waals surface area contributed by atoms with Gasteiger partial charge in [0, 0.05) is 64.5 Å². The van der Waals surface area contributed by atoms with Crippen LogP contribution in [-0.2, 0) is 32.9 Å². The average molecular weight is 1270 g/mol. The van der Waals surface area contributed by atoms with Gasteiger partial charge >= 0.3 is 0 Å². The Morgan fingerprint density at radius 2 is 0.840 bits per heavy atom. The molecule has 81 heavy (non-hydrogen) atoms. The molecule has 0 saturated carbocycles. The van der Waals surface area contributed by atoms with Gasteiger partial charge in [0.25, 0.3) is 0 Å². The minimum atomic E-state index is -3.50. The lowest BCUT2D eigenvalue weighted by Crippen LogP contribution is -2.56. The summed E-state index contributed by atoms with van der Waals surface area (Å²) in [6, 6.07) is 12.4. The molecule has 7 rings (SSSR count). The Kier molecular flexibility index (Phi) is 27.4. The van der Waals surface area contributed by atoms with Gasteiger partial charge in [-0.3, -0.25) is 0 Å². The number of aromatic nitrogens is 2. The van der Waals surface area contributed by atoms with E-state index in [1.807, 2.05) is 35.1 Å². The molecule has 2 atom stereocenters. The van der Waals surface area contributed by atoms with E-state index in [0.717, 1.165) is 95.9 Å². The summed E-state index contributed by atoms with van der Waals surface area (Å²) in [6.07, 6.45) is 33.7. The summed E-state index contributed by atoms with van der Waals surface area (Å²) in [5, 5.41) is 5.06. The summed E-state index contributed by atoms with van der Waals surface area (Å²) < 4.78 is 59.7. The summed E-state index contributed by atoms with van der Waals surface area (Å²) in [5.74, 6) is 1.54. The molecule has 0 bridgehead atoms. The highest BCUT2D eigenvalue weighted by molar-refractivity contribution is 7.89. The molecule has 6 aromatic rings. The van der Waals surface area contributed by atoms with E-state index in [1.54, 1.807) is 55.7 Å². The van der Waals surface area contributed by atoms with Crippen LogP contribution < -0.4 is 19.8 Å². The minimum Gasteiger partial charge on any atom is -0.241 e. The van der Waals surface area contributed by atoms with Crippen molar-refractivity contribution in [3.63, 3.8) is 0 Å². The van der Waals surface area contributed by atoms with E-state index >= 15 is 0 Å². The first-order valence-electron chi connectivity index (χ1n) is 31.5. The minimum absolute atomic E-state index is 0.0367. The van der Waals surface area contributed by atoms with Crippen LogP contribution in [0.15, 0.2) is 36.7 Å². The van der Waals surface area contributed by atoms with Gasteiger partial charge in [-0.05, 0) is 109 Å².